The standard InChI is InChI=1S/C26H29F3N4O2S.2ClH/c1-4-16-13-19(7-8-22(16)35-20-9-11-31-12-10-20)33-24(36)32(23(34)25(33,2)3)18-6-5-17(15-30)21(14-18)26(27,28)29;;/h5-8,13-14,20,24,31,36H,4,9-12H2,1-3H3;2*1H. The first-order valence-electron chi connectivity index (χ1n) is 11.9. The van der Waals surface area contributed by atoms with E-state index < -0.39 is 34.2 Å². The normalized spacial score (nSPS) is 19.4. The van der Waals surface area contributed by atoms with Gasteiger partial charge in [0.25, 0.3) is 5.91 Å². The quantitative estimate of drug-likeness (QED) is 0.421. The van der Waals surface area contributed by atoms with Gasteiger partial charge in [-0.15, -0.1) is 37.4 Å². The van der Waals surface area contributed by atoms with Gasteiger partial charge in [-0.25, -0.2) is 0 Å². The van der Waals surface area contributed by atoms with Crippen molar-refractivity contribution in [2.75, 3.05) is 22.9 Å². The molecule has 2 aliphatic rings. The van der Waals surface area contributed by atoms with Crippen molar-refractivity contribution < 1.29 is 22.7 Å². The van der Waals surface area contributed by atoms with Crippen LogP contribution in [0.5, 0.6) is 5.75 Å². The fourth-order valence-corrected chi connectivity index (χ4v) is 5.49. The Bertz CT molecular complexity index is 1200. The minimum atomic E-state index is -4.73. The van der Waals surface area contributed by atoms with Crippen molar-refractivity contribution >= 4 is 54.7 Å². The number of alkyl halides is 3. The van der Waals surface area contributed by atoms with E-state index in [-0.39, 0.29) is 36.6 Å². The first kappa shape index (κ1) is 31.9. The summed E-state index contributed by atoms with van der Waals surface area (Å²) >= 11 is 4.68. The van der Waals surface area contributed by atoms with E-state index in [0.29, 0.717) is 6.42 Å². The van der Waals surface area contributed by atoms with Crippen LogP contribution < -0.4 is 19.9 Å². The predicted octanol–water partition coefficient (Wildman–Crippen LogP) is 5.96. The molecule has 1 amide bonds. The second kappa shape index (κ2) is 12.2. The number of thiol groups is 1. The van der Waals surface area contributed by atoms with Gasteiger partial charge in [0.1, 0.15) is 17.4 Å². The molecular weight excluding hydrogens is 560 g/mol. The van der Waals surface area contributed by atoms with E-state index in [9.17, 15) is 18.0 Å². The van der Waals surface area contributed by atoms with Gasteiger partial charge in [-0.3, -0.25) is 9.69 Å². The molecule has 2 aliphatic heterocycles. The van der Waals surface area contributed by atoms with Crippen molar-refractivity contribution in [2.45, 2.75) is 63.4 Å². The van der Waals surface area contributed by atoms with Gasteiger partial charge in [-0.05, 0) is 88.2 Å². The van der Waals surface area contributed by atoms with Crippen molar-refractivity contribution in [3.63, 3.8) is 0 Å². The number of carbonyl (C=O) groups excluding carboxylic acids is 1. The number of hydrogen-bond donors (Lipinski definition) is 2. The van der Waals surface area contributed by atoms with Crippen LogP contribution in [0.15, 0.2) is 36.4 Å². The topological polar surface area (TPSA) is 68.6 Å². The van der Waals surface area contributed by atoms with Crippen LogP contribution in [-0.2, 0) is 17.4 Å². The van der Waals surface area contributed by atoms with Gasteiger partial charge in [0.05, 0.1) is 17.2 Å². The molecule has 6 nitrogen and oxygen atoms in total. The molecule has 0 radical (unpaired) electrons. The van der Waals surface area contributed by atoms with Gasteiger partial charge >= 0.3 is 6.18 Å². The zero-order valence-electron chi connectivity index (χ0n) is 21.2. The number of nitrogens with one attached hydrogen (secondary N) is 1. The molecule has 12 heteroatoms. The number of halogens is 5. The number of aryl methyl sites for hydroxylation is 1. The number of nitrogens with zero attached hydrogens (tertiary/aromatic N) is 3. The van der Waals surface area contributed by atoms with Gasteiger partial charge in [-0.2, -0.15) is 18.4 Å². The zero-order valence-corrected chi connectivity index (χ0v) is 23.7. The Hall–Kier alpha value is -2.32. The van der Waals surface area contributed by atoms with E-state index in [1.54, 1.807) is 24.8 Å². The third kappa shape index (κ3) is 5.96. The number of anilines is 2. The molecule has 1 N–H and O–H groups in total. The molecule has 2 aromatic carbocycles. The molecule has 0 bridgehead atoms. The van der Waals surface area contributed by atoms with Gasteiger partial charge < -0.3 is 15.0 Å². The number of ether oxygens (including phenoxy) is 1. The van der Waals surface area contributed by atoms with E-state index in [0.717, 1.165) is 55.1 Å². The highest BCUT2D eigenvalue weighted by molar-refractivity contribution is 7.81. The van der Waals surface area contributed by atoms with Crippen LogP contribution in [0.2, 0.25) is 0 Å². The number of rotatable bonds is 5. The molecule has 0 saturated carbocycles. The fraction of sp³-hybridized carbons (Fsp3) is 0.462. The van der Waals surface area contributed by atoms with Crippen molar-refractivity contribution in [3.05, 3.63) is 53.1 Å². The van der Waals surface area contributed by atoms with E-state index in [1.165, 1.54) is 11.0 Å². The molecule has 0 aliphatic carbocycles. The number of nitriles is 1. The lowest BCUT2D eigenvalue weighted by Crippen LogP contribution is -2.45. The second-order valence-corrected chi connectivity index (χ2v) is 9.96. The van der Waals surface area contributed by atoms with Crippen LogP contribution in [0.4, 0.5) is 24.5 Å². The molecule has 2 saturated heterocycles. The predicted molar refractivity (Wildman–Crippen MR) is 150 cm³/mol. The molecule has 0 spiro atoms. The molecule has 208 valence electrons. The maximum absolute atomic E-state index is 13.6. The molecule has 2 aromatic rings. The minimum absolute atomic E-state index is 0. The minimum Gasteiger partial charge on any atom is -0.490 e. The summed E-state index contributed by atoms with van der Waals surface area (Å²) in [5.41, 5.74) is -1.80. The summed E-state index contributed by atoms with van der Waals surface area (Å²) in [5.74, 6) is 0.402. The number of carbonyl (C=O) groups is 1. The lowest BCUT2D eigenvalue weighted by atomic mass is 10.0. The summed E-state index contributed by atoms with van der Waals surface area (Å²) < 4.78 is 47.0. The Labute approximate surface area is 238 Å². The highest BCUT2D eigenvalue weighted by Crippen LogP contribution is 2.43. The summed E-state index contributed by atoms with van der Waals surface area (Å²) in [5, 5.41) is 12.4. The maximum atomic E-state index is 13.6. The van der Waals surface area contributed by atoms with Crippen LogP contribution in [-0.4, -0.2) is 36.1 Å². The molecule has 4 rings (SSSR count). The number of hydrogen-bond acceptors (Lipinski definition) is 6. The third-order valence-electron chi connectivity index (χ3n) is 6.80. The summed E-state index contributed by atoms with van der Waals surface area (Å²) in [7, 11) is 0. The average molecular weight is 592 g/mol. The van der Waals surface area contributed by atoms with Gasteiger partial charge in [0.2, 0.25) is 0 Å². The monoisotopic (exact) mass is 590 g/mol. The SMILES string of the molecule is CCc1cc(N2C(S)N(c3ccc(C#N)c(C(F)(F)F)c3)C(=O)C2(C)C)ccc1OC1CCNCC1.Cl.Cl. The Morgan fingerprint density at radius 1 is 1.13 bits per heavy atom. The maximum Gasteiger partial charge on any atom is 0.417 e. The summed E-state index contributed by atoms with van der Waals surface area (Å²) in [6.45, 7) is 7.29. The van der Waals surface area contributed by atoms with Gasteiger partial charge in [0, 0.05) is 11.4 Å². The van der Waals surface area contributed by atoms with Crippen LogP contribution in [0.1, 0.15) is 50.3 Å². The largest absolute Gasteiger partial charge is 0.490 e. The average Bonchev–Trinajstić information content (AvgIpc) is 3.02. The Morgan fingerprint density at radius 2 is 1.76 bits per heavy atom. The van der Waals surface area contributed by atoms with Crippen LogP contribution in [0, 0.1) is 11.3 Å². The molecule has 0 aromatic heterocycles. The summed E-state index contributed by atoms with van der Waals surface area (Å²) in [6.07, 6.45) is -2.03. The van der Waals surface area contributed by atoms with Crippen molar-refractivity contribution in [1.82, 2.24) is 5.32 Å². The summed E-state index contributed by atoms with van der Waals surface area (Å²) in [6, 6.07) is 10.6. The van der Waals surface area contributed by atoms with E-state index >= 15 is 0 Å². The first-order chi connectivity index (χ1) is 17.0. The molecule has 1 atom stereocenters. The molecule has 2 heterocycles. The lowest BCUT2D eigenvalue weighted by Gasteiger charge is -2.34. The van der Waals surface area contributed by atoms with E-state index in [1.807, 2.05) is 25.1 Å². The zero-order chi connectivity index (χ0) is 26.3. The van der Waals surface area contributed by atoms with E-state index in [2.05, 4.69) is 17.9 Å². The first-order valence-corrected chi connectivity index (χ1v) is 12.4. The lowest BCUT2D eigenvalue weighted by molar-refractivity contribution is -0.137. The van der Waals surface area contributed by atoms with Crippen molar-refractivity contribution in [1.29, 1.82) is 5.26 Å². The number of amides is 1. The van der Waals surface area contributed by atoms with Gasteiger partial charge in [0.15, 0.2) is 5.50 Å². The number of piperidine rings is 1. The molecular formula is C26H31Cl2F3N4O2S. The highest BCUT2D eigenvalue weighted by Gasteiger charge is 2.51. The molecule has 1 unspecified atom stereocenters. The Kier molecular flexibility index (Phi) is 10.3. The highest BCUT2D eigenvalue weighted by atomic mass is 35.5. The molecule has 38 heavy (non-hydrogen) atoms. The molecule has 2 fully saturated rings. The Morgan fingerprint density at radius 3 is 2.34 bits per heavy atom. The van der Waals surface area contributed by atoms with E-state index in [4.69, 9.17) is 10.00 Å². The van der Waals surface area contributed by atoms with Crippen LogP contribution in [0.25, 0.3) is 0 Å². The second-order valence-electron chi connectivity index (χ2n) is 9.50. The van der Waals surface area contributed by atoms with Gasteiger partial charge in [-0.1, -0.05) is 6.92 Å². The van der Waals surface area contributed by atoms with Crippen molar-refractivity contribution in [2.24, 2.45) is 0 Å². The van der Waals surface area contributed by atoms with Crippen LogP contribution >= 0.6 is 37.4 Å². The summed E-state index contributed by atoms with van der Waals surface area (Å²) in [4.78, 5) is 16.5. The fourth-order valence-electron chi connectivity index (χ4n) is 4.83. The Balaban J connectivity index is 0.00000253. The van der Waals surface area contributed by atoms with Crippen molar-refractivity contribution in [3.8, 4) is 11.8 Å². The smallest absolute Gasteiger partial charge is 0.417 e. The van der Waals surface area contributed by atoms with Crippen LogP contribution in [0.3, 0.4) is 0 Å². The third-order valence-corrected chi connectivity index (χ3v) is 7.26. The number of benzene rings is 2.